The molecule has 0 bridgehead atoms. The first kappa shape index (κ1) is 17.6. The summed E-state index contributed by atoms with van der Waals surface area (Å²) in [5.74, 6) is 2.41. The van der Waals surface area contributed by atoms with E-state index in [4.69, 9.17) is 16.1 Å². The molecule has 0 spiro atoms. The molecule has 6 rings (SSSR count). The van der Waals surface area contributed by atoms with Crippen molar-refractivity contribution in [2.24, 2.45) is 18.9 Å². The van der Waals surface area contributed by atoms with Gasteiger partial charge in [-0.05, 0) is 24.0 Å². The van der Waals surface area contributed by atoms with Crippen LogP contribution in [0.1, 0.15) is 17.6 Å². The maximum atomic E-state index is 12.7. The standard InChI is InChI=1S/C19H17ClN8O2/c1-26-8-22-18-16(26)19(29)28(9-23-18)7-14-24-17(25-30-14)15-11-5-27(6-12(11)15)10-2-3-21-13(20)4-10/h2-4,8-9,11-12,15H,5-7H2,1H3. The molecule has 2 fully saturated rings. The second kappa shape index (κ2) is 6.36. The third-order valence-corrected chi connectivity index (χ3v) is 6.26. The zero-order valence-electron chi connectivity index (χ0n) is 16.0. The van der Waals surface area contributed by atoms with E-state index >= 15 is 0 Å². The largest absolute Gasteiger partial charge is 0.371 e. The Morgan fingerprint density at radius 1 is 1.20 bits per heavy atom. The van der Waals surface area contributed by atoms with Gasteiger partial charge in [-0.3, -0.25) is 9.36 Å². The number of anilines is 1. The number of aromatic nitrogens is 7. The Morgan fingerprint density at radius 3 is 2.80 bits per heavy atom. The molecule has 4 aromatic heterocycles. The molecule has 2 aliphatic rings. The Hall–Kier alpha value is -3.27. The third-order valence-electron chi connectivity index (χ3n) is 6.06. The van der Waals surface area contributed by atoms with Gasteiger partial charge in [-0.15, -0.1) is 0 Å². The molecule has 0 radical (unpaired) electrons. The first-order chi connectivity index (χ1) is 14.6. The van der Waals surface area contributed by atoms with Gasteiger partial charge in [0.15, 0.2) is 17.0 Å². The third kappa shape index (κ3) is 2.71. The summed E-state index contributed by atoms with van der Waals surface area (Å²) in [5, 5.41) is 4.68. The van der Waals surface area contributed by atoms with Crippen LogP contribution in [0, 0.1) is 11.8 Å². The van der Waals surface area contributed by atoms with Crippen LogP contribution in [0.4, 0.5) is 5.69 Å². The van der Waals surface area contributed by atoms with E-state index in [9.17, 15) is 4.79 Å². The predicted octanol–water partition coefficient (Wildman–Crippen LogP) is 1.46. The van der Waals surface area contributed by atoms with Crippen molar-refractivity contribution in [2.45, 2.75) is 12.5 Å². The first-order valence-electron chi connectivity index (χ1n) is 9.64. The van der Waals surface area contributed by atoms with Gasteiger partial charge >= 0.3 is 0 Å². The molecule has 1 saturated carbocycles. The van der Waals surface area contributed by atoms with E-state index < -0.39 is 0 Å². The molecule has 11 heteroatoms. The van der Waals surface area contributed by atoms with Gasteiger partial charge in [-0.1, -0.05) is 16.8 Å². The molecule has 4 aromatic rings. The van der Waals surface area contributed by atoms with Gasteiger partial charge in [0, 0.05) is 37.9 Å². The van der Waals surface area contributed by atoms with E-state index in [0.29, 0.717) is 40.0 Å². The van der Waals surface area contributed by atoms with E-state index in [-0.39, 0.29) is 12.1 Å². The molecule has 5 heterocycles. The summed E-state index contributed by atoms with van der Waals surface area (Å²) in [7, 11) is 1.77. The SMILES string of the molecule is Cn1cnc2ncn(Cc3nc(C4C5CN(c6ccnc(Cl)c6)CC54)no3)c(=O)c21. The highest BCUT2D eigenvalue weighted by molar-refractivity contribution is 6.29. The number of hydrogen-bond donors (Lipinski definition) is 0. The van der Waals surface area contributed by atoms with Crippen LogP contribution >= 0.6 is 11.6 Å². The molecule has 0 N–H and O–H groups in total. The first-order valence-corrected chi connectivity index (χ1v) is 10.0. The van der Waals surface area contributed by atoms with Gasteiger partial charge in [-0.25, -0.2) is 15.0 Å². The van der Waals surface area contributed by atoms with E-state index in [1.165, 1.54) is 10.9 Å². The number of rotatable bonds is 4. The summed E-state index contributed by atoms with van der Waals surface area (Å²) in [6, 6.07) is 3.86. The Balaban J connectivity index is 1.17. The van der Waals surface area contributed by atoms with Gasteiger partial charge < -0.3 is 14.0 Å². The van der Waals surface area contributed by atoms with Crippen molar-refractivity contribution in [2.75, 3.05) is 18.0 Å². The van der Waals surface area contributed by atoms with Crippen molar-refractivity contribution in [1.29, 1.82) is 0 Å². The molecule has 10 nitrogen and oxygen atoms in total. The highest BCUT2D eigenvalue weighted by Crippen LogP contribution is 2.57. The minimum absolute atomic E-state index is 0.184. The van der Waals surface area contributed by atoms with Crippen molar-refractivity contribution >= 4 is 28.5 Å². The topological polar surface area (TPSA) is 108 Å². The minimum Gasteiger partial charge on any atom is -0.371 e. The molecule has 1 aliphatic carbocycles. The summed E-state index contributed by atoms with van der Waals surface area (Å²) in [6.07, 6.45) is 4.76. The van der Waals surface area contributed by atoms with Crippen LogP contribution in [-0.4, -0.2) is 47.3 Å². The number of halogens is 1. The van der Waals surface area contributed by atoms with E-state index in [0.717, 1.165) is 24.6 Å². The second-order valence-electron chi connectivity index (χ2n) is 7.85. The van der Waals surface area contributed by atoms with Crippen LogP contribution in [0.5, 0.6) is 0 Å². The highest BCUT2D eigenvalue weighted by atomic mass is 35.5. The summed E-state index contributed by atoms with van der Waals surface area (Å²) in [6.45, 7) is 2.05. The number of pyridine rings is 1. The van der Waals surface area contributed by atoms with Crippen molar-refractivity contribution in [1.82, 2.24) is 34.2 Å². The Bertz CT molecular complexity index is 1320. The number of hydrogen-bond acceptors (Lipinski definition) is 8. The van der Waals surface area contributed by atoms with E-state index in [2.05, 4.69) is 30.0 Å². The molecular formula is C19H17ClN8O2. The molecule has 1 saturated heterocycles. The molecule has 1 aliphatic heterocycles. The number of nitrogens with zero attached hydrogens (tertiary/aromatic N) is 8. The lowest BCUT2D eigenvalue weighted by molar-refractivity contribution is 0.363. The Kier molecular flexibility index (Phi) is 3.73. The molecule has 0 amide bonds. The van der Waals surface area contributed by atoms with Crippen molar-refractivity contribution < 1.29 is 4.52 Å². The Morgan fingerprint density at radius 2 is 2.00 bits per heavy atom. The molecule has 152 valence electrons. The quantitative estimate of drug-likeness (QED) is 0.453. The van der Waals surface area contributed by atoms with Gasteiger partial charge in [0.25, 0.3) is 5.56 Å². The van der Waals surface area contributed by atoms with Crippen molar-refractivity contribution in [3.8, 4) is 0 Å². The lowest BCUT2D eigenvalue weighted by atomic mass is 10.2. The highest BCUT2D eigenvalue weighted by Gasteiger charge is 2.58. The van der Waals surface area contributed by atoms with Crippen molar-refractivity contribution in [3.05, 3.63) is 58.2 Å². The van der Waals surface area contributed by atoms with Gasteiger partial charge in [0.1, 0.15) is 18.0 Å². The number of imidazole rings is 1. The van der Waals surface area contributed by atoms with Gasteiger partial charge in [-0.2, -0.15) is 4.98 Å². The lowest BCUT2D eigenvalue weighted by Crippen LogP contribution is -2.24. The molecule has 30 heavy (non-hydrogen) atoms. The fourth-order valence-corrected chi connectivity index (χ4v) is 4.67. The number of piperidine rings is 1. The lowest BCUT2D eigenvalue weighted by Gasteiger charge is -2.21. The van der Waals surface area contributed by atoms with Crippen LogP contribution < -0.4 is 10.5 Å². The van der Waals surface area contributed by atoms with Gasteiger partial charge in [0.2, 0.25) is 5.89 Å². The minimum atomic E-state index is -0.185. The fourth-order valence-electron chi connectivity index (χ4n) is 4.51. The summed E-state index contributed by atoms with van der Waals surface area (Å²) in [5.41, 5.74) is 1.78. The fraction of sp³-hybridized carbons (Fsp3) is 0.368. The van der Waals surface area contributed by atoms with Crippen LogP contribution in [0.25, 0.3) is 11.2 Å². The van der Waals surface area contributed by atoms with Crippen LogP contribution in [-0.2, 0) is 13.6 Å². The summed E-state index contributed by atoms with van der Waals surface area (Å²) < 4.78 is 8.55. The maximum Gasteiger partial charge on any atom is 0.280 e. The zero-order chi connectivity index (χ0) is 20.4. The smallest absolute Gasteiger partial charge is 0.280 e. The van der Waals surface area contributed by atoms with Crippen LogP contribution in [0.2, 0.25) is 5.15 Å². The molecule has 0 aromatic carbocycles. The number of fused-ring (bicyclic) bond motifs is 2. The predicted molar refractivity (Wildman–Crippen MR) is 107 cm³/mol. The van der Waals surface area contributed by atoms with Crippen molar-refractivity contribution in [3.63, 3.8) is 0 Å². The van der Waals surface area contributed by atoms with E-state index in [1.807, 2.05) is 12.1 Å². The average Bonchev–Trinajstić information content (AvgIpc) is 3.16. The van der Waals surface area contributed by atoms with Crippen LogP contribution in [0.15, 0.2) is 40.3 Å². The summed E-state index contributed by atoms with van der Waals surface area (Å²) >= 11 is 6.01. The monoisotopic (exact) mass is 424 g/mol. The second-order valence-corrected chi connectivity index (χ2v) is 8.23. The number of aryl methyl sites for hydroxylation is 1. The maximum absolute atomic E-state index is 12.7. The van der Waals surface area contributed by atoms with E-state index in [1.54, 1.807) is 24.1 Å². The average molecular weight is 425 g/mol. The molecular weight excluding hydrogens is 408 g/mol. The van der Waals surface area contributed by atoms with Crippen LogP contribution in [0.3, 0.4) is 0 Å². The zero-order valence-corrected chi connectivity index (χ0v) is 16.8. The molecule has 2 atom stereocenters. The Labute approximate surface area is 175 Å². The normalized spacial score (nSPS) is 22.6. The molecule has 2 unspecified atom stereocenters. The summed E-state index contributed by atoms with van der Waals surface area (Å²) in [4.78, 5) is 31.9. The van der Waals surface area contributed by atoms with Gasteiger partial charge in [0.05, 0.1) is 6.33 Å².